The number of hydrogen-bond acceptors (Lipinski definition) is 6. The molecule has 8 heteroatoms. The Morgan fingerprint density at radius 1 is 1.05 bits per heavy atom. The molecule has 4 aliphatic rings. The maximum Gasteiger partial charge on any atom is 0.264 e. The van der Waals surface area contributed by atoms with Crippen LogP contribution in [0.25, 0.3) is 11.0 Å². The van der Waals surface area contributed by atoms with Crippen molar-refractivity contribution in [1.29, 1.82) is 0 Å². The topological polar surface area (TPSA) is 85.9 Å². The first kappa shape index (κ1) is 22.7. The van der Waals surface area contributed by atoms with Crippen LogP contribution in [0.15, 0.2) is 82.3 Å². The second-order valence-electron chi connectivity index (χ2n) is 10.8. The Bertz CT molecular complexity index is 1450. The van der Waals surface area contributed by atoms with Gasteiger partial charge in [0.1, 0.15) is 17.7 Å². The summed E-state index contributed by atoms with van der Waals surface area (Å²) in [5.74, 6) is 9.24. The zero-order valence-corrected chi connectivity index (χ0v) is 21.2. The van der Waals surface area contributed by atoms with Crippen LogP contribution in [0, 0.1) is 5.92 Å². The number of fused-ring (bicyclic) bond motifs is 2. The van der Waals surface area contributed by atoms with Gasteiger partial charge >= 0.3 is 0 Å². The molecule has 3 aromatic rings. The molecule has 0 bridgehead atoms. The van der Waals surface area contributed by atoms with Crippen molar-refractivity contribution in [2.24, 2.45) is 21.7 Å². The molecular weight excluding hydrogens is 460 g/mol. The summed E-state index contributed by atoms with van der Waals surface area (Å²) in [5, 5.41) is 0. The average Bonchev–Trinajstić information content (AvgIpc) is 3.42. The predicted molar refractivity (Wildman–Crippen MR) is 147 cm³/mol. The van der Waals surface area contributed by atoms with E-state index in [1.807, 2.05) is 18.5 Å². The number of likely N-dealkylation sites (N-methyl/N-ethyl adjacent to an activating group) is 1. The van der Waals surface area contributed by atoms with Crippen LogP contribution in [-0.4, -0.2) is 75.7 Å². The number of nitrogens with one attached hydrogen (secondary N) is 1. The molecular formula is C29H33N8+. The van der Waals surface area contributed by atoms with Crippen molar-refractivity contribution in [3.05, 3.63) is 89.3 Å². The van der Waals surface area contributed by atoms with Gasteiger partial charge in [-0.15, -0.1) is 4.59 Å². The monoisotopic (exact) mass is 493 g/mol. The van der Waals surface area contributed by atoms with E-state index in [1.165, 1.54) is 5.56 Å². The van der Waals surface area contributed by atoms with Gasteiger partial charge < -0.3 is 9.88 Å². The molecule has 188 valence electrons. The third kappa shape index (κ3) is 3.97. The van der Waals surface area contributed by atoms with Gasteiger partial charge in [0.05, 0.1) is 29.0 Å². The molecule has 2 fully saturated rings. The molecule has 3 N–H and O–H groups in total. The Labute approximate surface area is 217 Å². The van der Waals surface area contributed by atoms with E-state index in [0.717, 1.165) is 85.1 Å². The van der Waals surface area contributed by atoms with Crippen LogP contribution in [0.4, 0.5) is 0 Å². The van der Waals surface area contributed by atoms with Gasteiger partial charge in [0.2, 0.25) is 5.70 Å². The van der Waals surface area contributed by atoms with E-state index in [1.54, 1.807) is 6.20 Å². The van der Waals surface area contributed by atoms with Gasteiger partial charge in [-0.1, -0.05) is 30.3 Å². The number of aromatic nitrogens is 2. The van der Waals surface area contributed by atoms with Gasteiger partial charge in [0.15, 0.2) is 0 Å². The molecule has 1 atom stereocenters. The summed E-state index contributed by atoms with van der Waals surface area (Å²) in [4.78, 5) is 23.0. The summed E-state index contributed by atoms with van der Waals surface area (Å²) < 4.78 is 0.0744. The first-order valence-corrected chi connectivity index (χ1v) is 13.2. The zero-order valence-electron chi connectivity index (χ0n) is 21.2. The van der Waals surface area contributed by atoms with E-state index in [9.17, 15) is 0 Å². The van der Waals surface area contributed by atoms with Crippen LogP contribution >= 0.6 is 0 Å². The molecule has 0 spiro atoms. The van der Waals surface area contributed by atoms with Crippen LogP contribution in [0.5, 0.6) is 0 Å². The van der Waals surface area contributed by atoms with Crippen LogP contribution in [0.2, 0.25) is 0 Å². The number of nitrogens with two attached hydrogens (primary N) is 1. The fourth-order valence-corrected chi connectivity index (χ4v) is 6.08. The number of piperazine rings is 1. The number of imidazole rings is 1. The molecule has 8 nitrogen and oxygen atoms in total. The lowest BCUT2D eigenvalue weighted by molar-refractivity contribution is -0.750. The SMILES string of the molecule is CN1CCN(C2CC(C3=C4C=NC=C[N+]4(N)C(c4ccc5nc(Cc6ccccc6)[nH]c5c4)=N3)C2)CC1. The second-order valence-corrected chi connectivity index (χ2v) is 10.8. The quantitative estimate of drug-likeness (QED) is 0.421. The third-order valence-electron chi connectivity index (χ3n) is 8.38. The van der Waals surface area contributed by atoms with E-state index in [-0.39, 0.29) is 4.59 Å². The lowest BCUT2D eigenvalue weighted by atomic mass is 9.76. The molecule has 2 aromatic carbocycles. The lowest BCUT2D eigenvalue weighted by Gasteiger charge is -2.45. The molecule has 1 aliphatic carbocycles. The number of aliphatic imine (C=N–C) groups is 2. The third-order valence-corrected chi connectivity index (χ3v) is 8.38. The van der Waals surface area contributed by atoms with Crippen molar-refractivity contribution in [1.82, 2.24) is 19.8 Å². The molecule has 3 aliphatic heterocycles. The minimum Gasteiger partial charge on any atom is -0.342 e. The number of quaternary nitrogens is 1. The van der Waals surface area contributed by atoms with Crippen molar-refractivity contribution in [2.75, 3.05) is 33.2 Å². The number of benzene rings is 2. The minimum atomic E-state index is 0.0744. The number of hydrogen-bond donors (Lipinski definition) is 2. The van der Waals surface area contributed by atoms with E-state index < -0.39 is 0 Å². The van der Waals surface area contributed by atoms with Crippen molar-refractivity contribution in [2.45, 2.75) is 25.3 Å². The first-order chi connectivity index (χ1) is 18.1. The highest BCUT2D eigenvalue weighted by Gasteiger charge is 2.49. The standard InChI is InChI=1S/C29H33N8/c1-35-10-12-36(13-11-35)23-16-22(17-23)28-26-19-31-9-14-37(26,30)29(34-28)21-7-8-24-25(18-21)33-27(32-24)15-20-5-3-2-4-6-20/h2-9,14,18-19,22-23H,10-13,15-17,30H2,1H3,(H,32,33)/q+1. The second kappa shape index (κ2) is 8.85. The predicted octanol–water partition coefficient (Wildman–Crippen LogP) is 3.40. The maximum absolute atomic E-state index is 7.02. The van der Waals surface area contributed by atoms with Gasteiger partial charge in [-0.2, -0.15) is 10.8 Å². The molecule has 1 saturated carbocycles. The molecule has 0 amide bonds. The maximum atomic E-state index is 7.02. The number of rotatable bonds is 5. The smallest absolute Gasteiger partial charge is 0.264 e. The highest BCUT2D eigenvalue weighted by atomic mass is 15.6. The zero-order chi connectivity index (χ0) is 25.0. The lowest BCUT2D eigenvalue weighted by Crippen LogP contribution is -2.54. The number of amidine groups is 1. The summed E-state index contributed by atoms with van der Waals surface area (Å²) in [7, 11) is 2.21. The van der Waals surface area contributed by atoms with Crippen LogP contribution in [0.3, 0.4) is 0 Å². The van der Waals surface area contributed by atoms with Gasteiger partial charge in [-0.25, -0.2) is 4.98 Å². The number of aromatic amines is 1. The highest BCUT2D eigenvalue weighted by molar-refractivity contribution is 6.02. The van der Waals surface area contributed by atoms with Gasteiger partial charge in [0.25, 0.3) is 5.84 Å². The largest absolute Gasteiger partial charge is 0.342 e. The first-order valence-electron chi connectivity index (χ1n) is 13.2. The fraction of sp³-hybridized carbons (Fsp3) is 0.345. The van der Waals surface area contributed by atoms with Crippen molar-refractivity contribution in [3.63, 3.8) is 0 Å². The summed E-state index contributed by atoms with van der Waals surface area (Å²) in [5.41, 5.74) is 6.29. The molecule has 37 heavy (non-hydrogen) atoms. The summed E-state index contributed by atoms with van der Waals surface area (Å²) in [6, 6.07) is 17.4. The van der Waals surface area contributed by atoms with Crippen LogP contribution in [0.1, 0.15) is 29.8 Å². The Morgan fingerprint density at radius 2 is 1.86 bits per heavy atom. The summed E-state index contributed by atoms with van der Waals surface area (Å²) >= 11 is 0. The van der Waals surface area contributed by atoms with E-state index >= 15 is 0 Å². The number of H-pyrrole nitrogens is 1. The van der Waals surface area contributed by atoms with E-state index in [4.69, 9.17) is 15.8 Å². The molecule has 0 radical (unpaired) electrons. The Hall–Kier alpha value is -3.43. The minimum absolute atomic E-state index is 0.0744. The van der Waals surface area contributed by atoms with Crippen LogP contribution in [-0.2, 0) is 6.42 Å². The number of nitrogens with zero attached hydrogens (tertiary/aromatic N) is 6. The van der Waals surface area contributed by atoms with Crippen molar-refractivity contribution < 1.29 is 4.59 Å². The Morgan fingerprint density at radius 3 is 2.68 bits per heavy atom. The Balaban J connectivity index is 1.15. The van der Waals surface area contributed by atoms with E-state index in [2.05, 4.69) is 69.3 Å². The van der Waals surface area contributed by atoms with E-state index in [0.29, 0.717) is 12.0 Å². The molecule has 7 rings (SSSR count). The van der Waals surface area contributed by atoms with Gasteiger partial charge in [-0.3, -0.25) is 9.89 Å². The molecule has 1 unspecified atom stereocenters. The number of allylic oxidation sites excluding steroid dienone is 2. The Kier molecular flexibility index (Phi) is 5.44. The highest BCUT2D eigenvalue weighted by Crippen LogP contribution is 2.44. The molecule has 1 aromatic heterocycles. The van der Waals surface area contributed by atoms with Crippen LogP contribution < -0.4 is 5.84 Å². The van der Waals surface area contributed by atoms with Gasteiger partial charge in [-0.05, 0) is 43.7 Å². The van der Waals surface area contributed by atoms with Crippen molar-refractivity contribution in [3.8, 4) is 0 Å². The summed E-state index contributed by atoms with van der Waals surface area (Å²) in [6.45, 7) is 4.62. The molecule has 1 saturated heterocycles. The molecule has 4 heterocycles. The summed E-state index contributed by atoms with van der Waals surface area (Å²) in [6.07, 6.45) is 8.67. The van der Waals surface area contributed by atoms with Crippen molar-refractivity contribution >= 4 is 23.1 Å². The van der Waals surface area contributed by atoms with Gasteiger partial charge in [0, 0.05) is 44.6 Å². The average molecular weight is 494 g/mol. The fourth-order valence-electron chi connectivity index (χ4n) is 6.08. The normalized spacial score (nSPS) is 28.0.